The molecule has 0 aliphatic rings. The fourth-order valence-electron chi connectivity index (χ4n) is 2.76. The normalized spacial score (nSPS) is 11.5. The topological polar surface area (TPSA) is 110 Å². The maximum atomic E-state index is 12.7. The second-order valence-corrected chi connectivity index (χ2v) is 6.71. The lowest BCUT2D eigenvalue weighted by Gasteiger charge is -2.09. The van der Waals surface area contributed by atoms with Crippen LogP contribution in [0.3, 0.4) is 0 Å². The Morgan fingerprint density at radius 3 is 2.69 bits per heavy atom. The van der Waals surface area contributed by atoms with Crippen LogP contribution in [-0.4, -0.2) is 23.6 Å². The number of nitrogens with one attached hydrogen (secondary N) is 2. The number of hydrogen-bond acceptors (Lipinski definition) is 6. The summed E-state index contributed by atoms with van der Waals surface area (Å²) in [5, 5.41) is 17.6. The number of furan rings is 1. The smallest absolute Gasteiger partial charge is 0.416 e. The predicted molar refractivity (Wildman–Crippen MR) is 111 cm³/mol. The van der Waals surface area contributed by atoms with Crippen molar-refractivity contribution in [2.75, 3.05) is 11.9 Å². The summed E-state index contributed by atoms with van der Waals surface area (Å²) in [6.07, 6.45) is -3.28. The van der Waals surface area contributed by atoms with Crippen LogP contribution in [0.25, 0.3) is 11.3 Å². The molecule has 3 aromatic rings. The third-order valence-corrected chi connectivity index (χ3v) is 4.27. The molecule has 32 heavy (non-hydrogen) atoms. The highest BCUT2D eigenvalue weighted by Gasteiger charge is 2.30. The second-order valence-electron chi connectivity index (χ2n) is 6.71. The molecular weight excluding hydrogens is 429 g/mol. The molecule has 0 aliphatic carbocycles. The van der Waals surface area contributed by atoms with Crippen LogP contribution in [0.5, 0.6) is 0 Å². The zero-order valence-electron chi connectivity index (χ0n) is 16.6. The summed E-state index contributed by atoms with van der Waals surface area (Å²) in [6.45, 7) is 1.43. The van der Waals surface area contributed by atoms with Gasteiger partial charge in [-0.2, -0.15) is 18.3 Å². The lowest BCUT2D eigenvalue weighted by Crippen LogP contribution is -2.26. The Kier molecular flexibility index (Phi) is 6.57. The van der Waals surface area contributed by atoms with Crippen LogP contribution in [0.15, 0.2) is 64.1 Å². The standard InChI is InChI=1S/C21H17F3N4O4/c1-13-5-7-17(18(9-13)28(30)31)19-8-6-16(32-19)11-26-27-20(29)12-25-15-4-2-3-14(10-15)21(22,23)24/h2-11,25H,12H2,1H3,(H,27,29)/b26-11-. The van der Waals surface area contributed by atoms with Crippen LogP contribution in [0.4, 0.5) is 24.5 Å². The zero-order valence-corrected chi connectivity index (χ0v) is 16.6. The number of hydrogen-bond donors (Lipinski definition) is 2. The molecule has 0 saturated heterocycles. The average Bonchev–Trinajstić information content (AvgIpc) is 3.20. The van der Waals surface area contributed by atoms with Crippen molar-refractivity contribution in [1.82, 2.24) is 5.43 Å². The number of amides is 1. The van der Waals surface area contributed by atoms with Gasteiger partial charge in [0.25, 0.3) is 11.6 Å². The maximum absolute atomic E-state index is 12.7. The van der Waals surface area contributed by atoms with Gasteiger partial charge in [0.05, 0.1) is 28.8 Å². The van der Waals surface area contributed by atoms with Crippen molar-refractivity contribution in [3.63, 3.8) is 0 Å². The Bertz CT molecular complexity index is 1170. The summed E-state index contributed by atoms with van der Waals surface area (Å²) in [5.41, 5.74) is 2.45. The first kappa shape index (κ1) is 22.5. The van der Waals surface area contributed by atoms with Gasteiger partial charge in [-0.05, 0) is 48.9 Å². The van der Waals surface area contributed by atoms with E-state index in [2.05, 4.69) is 15.8 Å². The van der Waals surface area contributed by atoms with E-state index in [1.54, 1.807) is 19.1 Å². The number of hydrazone groups is 1. The third kappa shape index (κ3) is 5.72. The number of nitrogens with zero attached hydrogens (tertiary/aromatic N) is 2. The minimum Gasteiger partial charge on any atom is -0.455 e. The fourth-order valence-corrected chi connectivity index (χ4v) is 2.76. The lowest BCUT2D eigenvalue weighted by molar-refractivity contribution is -0.384. The zero-order chi connectivity index (χ0) is 23.3. The molecule has 2 aromatic carbocycles. The fraction of sp³-hybridized carbons (Fsp3) is 0.143. The molecule has 1 amide bonds. The predicted octanol–water partition coefficient (Wildman–Crippen LogP) is 4.74. The van der Waals surface area contributed by atoms with Gasteiger partial charge >= 0.3 is 6.18 Å². The summed E-state index contributed by atoms with van der Waals surface area (Å²) in [6, 6.07) is 12.2. The van der Waals surface area contributed by atoms with Gasteiger partial charge in [0.2, 0.25) is 0 Å². The average molecular weight is 446 g/mol. The van der Waals surface area contributed by atoms with Gasteiger partial charge in [0.1, 0.15) is 11.5 Å². The molecule has 0 spiro atoms. The number of aryl methyl sites for hydroxylation is 1. The van der Waals surface area contributed by atoms with Crippen molar-refractivity contribution in [1.29, 1.82) is 0 Å². The van der Waals surface area contributed by atoms with E-state index in [4.69, 9.17) is 4.42 Å². The maximum Gasteiger partial charge on any atom is 0.416 e. The molecule has 166 valence electrons. The lowest BCUT2D eigenvalue weighted by atomic mass is 10.1. The molecule has 0 atom stereocenters. The highest BCUT2D eigenvalue weighted by molar-refractivity contribution is 5.83. The van der Waals surface area contributed by atoms with E-state index < -0.39 is 22.6 Å². The first-order valence-electron chi connectivity index (χ1n) is 9.22. The van der Waals surface area contributed by atoms with Crippen LogP contribution in [0.1, 0.15) is 16.9 Å². The van der Waals surface area contributed by atoms with E-state index in [0.717, 1.165) is 17.7 Å². The molecule has 0 fully saturated rings. The highest BCUT2D eigenvalue weighted by atomic mass is 19.4. The molecule has 1 aromatic heterocycles. The quantitative estimate of drug-likeness (QED) is 0.309. The van der Waals surface area contributed by atoms with Gasteiger partial charge in [0, 0.05) is 11.8 Å². The van der Waals surface area contributed by atoms with Crippen LogP contribution in [0, 0.1) is 17.0 Å². The molecule has 8 nitrogen and oxygen atoms in total. The molecule has 0 radical (unpaired) electrons. The number of carbonyl (C=O) groups is 1. The molecule has 0 aliphatic heterocycles. The van der Waals surface area contributed by atoms with Gasteiger partial charge in [-0.1, -0.05) is 12.1 Å². The van der Waals surface area contributed by atoms with Crippen LogP contribution < -0.4 is 10.7 Å². The van der Waals surface area contributed by atoms with E-state index in [1.165, 1.54) is 36.5 Å². The van der Waals surface area contributed by atoms with Crippen LogP contribution in [0.2, 0.25) is 0 Å². The van der Waals surface area contributed by atoms with Crippen LogP contribution in [-0.2, 0) is 11.0 Å². The number of halogens is 3. The van der Waals surface area contributed by atoms with E-state index >= 15 is 0 Å². The summed E-state index contributed by atoms with van der Waals surface area (Å²) in [7, 11) is 0. The number of carbonyl (C=O) groups excluding carboxylic acids is 1. The van der Waals surface area contributed by atoms with Gasteiger partial charge < -0.3 is 9.73 Å². The Labute approximate surface area is 179 Å². The molecule has 0 bridgehead atoms. The van der Waals surface area contributed by atoms with Crippen molar-refractivity contribution in [2.45, 2.75) is 13.1 Å². The molecule has 2 N–H and O–H groups in total. The number of alkyl halides is 3. The van der Waals surface area contributed by atoms with Gasteiger partial charge in [0.15, 0.2) is 0 Å². The summed E-state index contributed by atoms with van der Waals surface area (Å²) in [5.74, 6) is -0.101. The molecular formula is C21H17F3N4O4. The molecule has 0 saturated carbocycles. The number of anilines is 1. The second kappa shape index (κ2) is 9.33. The number of rotatable bonds is 7. The molecule has 0 unspecified atom stereocenters. The first-order chi connectivity index (χ1) is 15.1. The van der Waals surface area contributed by atoms with E-state index in [-0.39, 0.29) is 29.4 Å². The third-order valence-electron chi connectivity index (χ3n) is 4.27. The summed E-state index contributed by atoms with van der Waals surface area (Å²) in [4.78, 5) is 22.6. The Morgan fingerprint density at radius 1 is 1.19 bits per heavy atom. The Hall–Kier alpha value is -4.15. The monoisotopic (exact) mass is 446 g/mol. The number of nitro groups is 1. The molecule has 1 heterocycles. The SMILES string of the molecule is Cc1ccc(-c2ccc(/C=N\NC(=O)CNc3cccc(C(F)(F)F)c3)o2)c([N+](=O)[O-])c1. The van der Waals surface area contributed by atoms with Gasteiger partial charge in [-0.25, -0.2) is 5.43 Å². The summed E-state index contributed by atoms with van der Waals surface area (Å²) < 4.78 is 43.7. The van der Waals surface area contributed by atoms with Crippen molar-refractivity contribution >= 4 is 23.5 Å². The molecule has 11 heteroatoms. The number of nitro benzene ring substituents is 1. The van der Waals surface area contributed by atoms with E-state index in [9.17, 15) is 28.1 Å². The van der Waals surface area contributed by atoms with Gasteiger partial charge in [-0.3, -0.25) is 14.9 Å². The van der Waals surface area contributed by atoms with E-state index in [0.29, 0.717) is 5.56 Å². The van der Waals surface area contributed by atoms with Crippen molar-refractivity contribution < 1.29 is 27.3 Å². The van der Waals surface area contributed by atoms with Gasteiger partial charge in [-0.15, -0.1) is 0 Å². The summed E-state index contributed by atoms with van der Waals surface area (Å²) >= 11 is 0. The molecule has 3 rings (SSSR count). The highest BCUT2D eigenvalue weighted by Crippen LogP contribution is 2.32. The van der Waals surface area contributed by atoms with Crippen molar-refractivity contribution in [3.05, 3.63) is 81.6 Å². The first-order valence-corrected chi connectivity index (χ1v) is 9.22. The minimum atomic E-state index is -4.48. The van der Waals surface area contributed by atoms with Crippen molar-refractivity contribution in [3.8, 4) is 11.3 Å². The number of benzene rings is 2. The largest absolute Gasteiger partial charge is 0.455 e. The van der Waals surface area contributed by atoms with E-state index in [1.807, 2.05) is 0 Å². The van der Waals surface area contributed by atoms with Crippen LogP contribution >= 0.6 is 0 Å². The Balaban J connectivity index is 1.58. The minimum absolute atomic E-state index is 0.100. The Morgan fingerprint density at radius 2 is 1.97 bits per heavy atom. The van der Waals surface area contributed by atoms with Crippen molar-refractivity contribution in [2.24, 2.45) is 5.10 Å².